The Hall–Kier alpha value is -5.67. The number of amides is 2. The summed E-state index contributed by atoms with van der Waals surface area (Å²) in [5, 5.41) is 31.1. The lowest BCUT2D eigenvalue weighted by Gasteiger charge is -2.40. The average Bonchev–Trinajstić information content (AvgIpc) is 3.21. The molecule has 2 amide bonds. The first-order chi connectivity index (χ1) is 28.5. The first-order valence-corrected chi connectivity index (χ1v) is 21.2. The van der Waals surface area contributed by atoms with E-state index < -0.39 is 23.4 Å². The van der Waals surface area contributed by atoms with E-state index in [0.717, 1.165) is 79.9 Å². The Labute approximate surface area is 357 Å². The van der Waals surface area contributed by atoms with Gasteiger partial charge in [0.15, 0.2) is 0 Å². The molecule has 0 spiro atoms. The number of aliphatic carboxylic acids is 1. The number of benzene rings is 2. The number of alkyl carbamates (subject to hydrolysis) is 1. The molecule has 0 saturated carbocycles. The summed E-state index contributed by atoms with van der Waals surface area (Å²) in [4.78, 5) is 49.1. The summed E-state index contributed by atoms with van der Waals surface area (Å²) >= 11 is 1.36. The van der Waals surface area contributed by atoms with Gasteiger partial charge in [0.1, 0.15) is 17.1 Å². The van der Waals surface area contributed by atoms with Crippen molar-refractivity contribution in [3.8, 4) is 0 Å². The zero-order valence-electron chi connectivity index (χ0n) is 35.3. The maximum absolute atomic E-state index is 13.3. The van der Waals surface area contributed by atoms with Crippen molar-refractivity contribution in [3.05, 3.63) is 101 Å². The number of carbonyl (C=O) groups excluding carboxylic acids is 2. The number of ether oxygens (including phenoxy) is 1. The van der Waals surface area contributed by atoms with Crippen LogP contribution in [0, 0.1) is 10.8 Å². The van der Waals surface area contributed by atoms with Gasteiger partial charge in [-0.05, 0) is 133 Å². The number of hydrogen-bond donors (Lipinski definition) is 6. The van der Waals surface area contributed by atoms with Crippen molar-refractivity contribution in [2.45, 2.75) is 88.8 Å². The molecule has 3 aliphatic heterocycles. The summed E-state index contributed by atoms with van der Waals surface area (Å²) in [6.07, 6.45) is 13.9. The third kappa shape index (κ3) is 13.4. The fourth-order valence-electron chi connectivity index (χ4n) is 7.34. The predicted molar refractivity (Wildman–Crippen MR) is 242 cm³/mol. The van der Waals surface area contributed by atoms with Gasteiger partial charge >= 0.3 is 12.1 Å². The number of allylic oxidation sites excluding steroid dienone is 2. The summed E-state index contributed by atoms with van der Waals surface area (Å²) < 4.78 is 5.47. The lowest BCUT2D eigenvalue weighted by Crippen LogP contribution is -2.55. The van der Waals surface area contributed by atoms with Gasteiger partial charge in [-0.15, -0.1) is 0 Å². The second kappa shape index (κ2) is 20.5. The van der Waals surface area contributed by atoms with Crippen molar-refractivity contribution in [3.63, 3.8) is 0 Å². The van der Waals surface area contributed by atoms with Gasteiger partial charge in [0.2, 0.25) is 0 Å². The molecule has 2 fully saturated rings. The number of nitrogens with one attached hydrogen (secondary N) is 4. The van der Waals surface area contributed by atoms with E-state index in [0.29, 0.717) is 41.8 Å². The molecule has 14 nitrogen and oxygen atoms in total. The van der Waals surface area contributed by atoms with E-state index >= 15 is 0 Å². The Morgan fingerprint density at radius 1 is 1.00 bits per heavy atom. The number of nitrogens with two attached hydrogens (primary N) is 1. The third-order valence-corrected chi connectivity index (χ3v) is 11.5. The number of piperidine rings is 2. The van der Waals surface area contributed by atoms with Crippen LogP contribution in [0.3, 0.4) is 0 Å². The molecule has 60 heavy (non-hydrogen) atoms. The first-order valence-electron chi connectivity index (χ1n) is 20.4. The van der Waals surface area contributed by atoms with Crippen molar-refractivity contribution < 1.29 is 24.2 Å². The molecule has 0 unspecified atom stereocenters. The van der Waals surface area contributed by atoms with Gasteiger partial charge in [0.25, 0.3) is 5.91 Å². The van der Waals surface area contributed by atoms with Crippen LogP contribution < -0.4 is 21.3 Å². The average molecular weight is 838 g/mol. The highest BCUT2D eigenvalue weighted by atomic mass is 32.2. The molecule has 0 bridgehead atoms. The van der Waals surface area contributed by atoms with Gasteiger partial charge in [0, 0.05) is 72.7 Å². The lowest BCUT2D eigenvalue weighted by atomic mass is 9.89. The minimum Gasteiger partial charge on any atom is -0.477 e. The number of carbonyl (C=O) groups is 3. The fourth-order valence-corrected chi connectivity index (χ4v) is 8.05. The van der Waals surface area contributed by atoms with Crippen LogP contribution >= 0.6 is 11.8 Å². The molecule has 0 radical (unpaired) electrons. The van der Waals surface area contributed by atoms with Gasteiger partial charge < -0.3 is 41.4 Å². The van der Waals surface area contributed by atoms with Crippen LogP contribution in [0.1, 0.15) is 77.1 Å². The molecule has 320 valence electrons. The monoisotopic (exact) mass is 837 g/mol. The quantitative estimate of drug-likeness (QED) is 0.0670. The zero-order valence-corrected chi connectivity index (χ0v) is 36.1. The van der Waals surface area contributed by atoms with Crippen LogP contribution in [0.25, 0.3) is 0 Å². The van der Waals surface area contributed by atoms with Crippen LogP contribution in [-0.4, -0.2) is 107 Å². The number of rotatable bonds is 13. The second-order valence-electron chi connectivity index (χ2n) is 16.5. The van der Waals surface area contributed by atoms with Crippen LogP contribution in [0.2, 0.25) is 0 Å². The van der Waals surface area contributed by atoms with E-state index in [9.17, 15) is 14.4 Å². The number of hydrogen-bond acceptors (Lipinski definition) is 11. The third-order valence-electron chi connectivity index (χ3n) is 10.7. The van der Waals surface area contributed by atoms with E-state index in [1.165, 1.54) is 17.8 Å². The van der Waals surface area contributed by atoms with Crippen LogP contribution in [0.4, 0.5) is 16.2 Å². The topological polar surface area (TPSA) is 201 Å². The Bertz CT molecular complexity index is 2050. The zero-order chi connectivity index (χ0) is 43.5. The SMILES string of the molecule is C/C=C/C(=N\C=C(/N)Sc1cccc(NC(=O)c2ccc(N3CCC(N4CC=C(C(=N)/C=C\C(=N)C(=O)O)CC4)CC3)cc2)c1)N1CCC(C)(NC(=O)OC(C)(C)C)CC1. The van der Waals surface area contributed by atoms with Crippen molar-refractivity contribution in [2.24, 2.45) is 10.7 Å². The molecule has 0 aromatic heterocycles. The summed E-state index contributed by atoms with van der Waals surface area (Å²) in [7, 11) is 0. The molecule has 2 aromatic carbocycles. The Morgan fingerprint density at radius 2 is 1.70 bits per heavy atom. The van der Waals surface area contributed by atoms with Crippen molar-refractivity contribution in [1.29, 1.82) is 10.8 Å². The van der Waals surface area contributed by atoms with Crippen LogP contribution in [0.5, 0.6) is 0 Å². The molecule has 3 heterocycles. The summed E-state index contributed by atoms with van der Waals surface area (Å²) in [5.41, 5.74) is 8.39. The molecule has 15 heteroatoms. The number of thioether (sulfide) groups is 1. The number of anilines is 2. The maximum atomic E-state index is 13.3. The van der Waals surface area contributed by atoms with E-state index in [1.807, 2.05) is 101 Å². The highest BCUT2D eigenvalue weighted by molar-refractivity contribution is 8.03. The van der Waals surface area contributed by atoms with Crippen molar-refractivity contribution in [2.75, 3.05) is 49.5 Å². The number of carboxylic acid groups (broad SMARTS) is 1. The highest BCUT2D eigenvalue weighted by Gasteiger charge is 2.34. The van der Waals surface area contributed by atoms with Gasteiger partial charge in [-0.25, -0.2) is 14.6 Å². The Balaban J connectivity index is 1.08. The highest BCUT2D eigenvalue weighted by Crippen LogP contribution is 2.29. The summed E-state index contributed by atoms with van der Waals surface area (Å²) in [6.45, 7) is 14.3. The fraction of sp³-hybridized carbons (Fsp3) is 0.422. The summed E-state index contributed by atoms with van der Waals surface area (Å²) in [6, 6.07) is 15.7. The number of carboxylic acids is 1. The molecule has 2 saturated heterocycles. The minimum atomic E-state index is -1.31. The minimum absolute atomic E-state index is 0.202. The normalized spacial score (nSPS) is 18.3. The smallest absolute Gasteiger partial charge is 0.408 e. The van der Waals surface area contributed by atoms with Crippen LogP contribution in [-0.2, 0) is 9.53 Å². The number of aliphatic imine (C=N–C) groups is 1. The van der Waals surface area contributed by atoms with Crippen LogP contribution in [0.15, 0.2) is 106 Å². The molecule has 7 N–H and O–H groups in total. The van der Waals surface area contributed by atoms with E-state index in [2.05, 4.69) is 25.3 Å². The molecule has 5 rings (SSSR count). The first kappa shape index (κ1) is 45.4. The van der Waals surface area contributed by atoms with E-state index in [-0.39, 0.29) is 17.2 Å². The molecular weight excluding hydrogens is 779 g/mol. The van der Waals surface area contributed by atoms with Gasteiger partial charge in [0.05, 0.1) is 16.9 Å². The second-order valence-corrected chi connectivity index (χ2v) is 17.6. The molecular formula is C45H59N9O5S. The number of amidine groups is 1. The molecule has 3 aliphatic rings. The molecule has 0 atom stereocenters. The molecule has 2 aromatic rings. The Kier molecular flexibility index (Phi) is 15.5. The standard InChI is InChI=1S/C45H59N9O5S/c1-6-8-40(54-27-21-45(5,22-28-54)51-43(58)59-44(2,3)4)49-30-39(48)60-36-10-7-9-33(29-36)50-41(55)32-11-13-34(14-12-32)53-25-19-35(20-26-53)52-23-17-31(18-24-52)37(46)15-16-38(47)42(56)57/h6-17,29-30,35,46-47H,18-28,48H2,1-5H3,(H,50,55)(H,51,58)(H,56,57)/b8-6+,16-15-,39-30+,46-37?,47-38?,49-40+. The lowest BCUT2D eigenvalue weighted by molar-refractivity contribution is -0.129. The van der Waals surface area contributed by atoms with Gasteiger partial charge in [-0.1, -0.05) is 30.0 Å². The largest absolute Gasteiger partial charge is 0.477 e. The summed E-state index contributed by atoms with van der Waals surface area (Å²) in [5.74, 6) is -0.720. The number of likely N-dealkylation sites (tertiary alicyclic amines) is 1. The predicted octanol–water partition coefficient (Wildman–Crippen LogP) is 7.42. The Morgan fingerprint density at radius 3 is 2.32 bits per heavy atom. The van der Waals surface area contributed by atoms with Gasteiger partial charge in [-0.3, -0.25) is 15.1 Å². The number of nitrogens with zero attached hydrogens (tertiary/aromatic N) is 4. The van der Waals surface area contributed by atoms with Crippen molar-refractivity contribution >= 4 is 58.4 Å². The maximum Gasteiger partial charge on any atom is 0.408 e. The van der Waals surface area contributed by atoms with E-state index in [1.54, 1.807) is 6.20 Å². The molecule has 0 aliphatic carbocycles. The van der Waals surface area contributed by atoms with E-state index in [4.69, 9.17) is 31.4 Å². The van der Waals surface area contributed by atoms with Crippen molar-refractivity contribution in [1.82, 2.24) is 15.1 Å². The van der Waals surface area contributed by atoms with Gasteiger partial charge in [-0.2, -0.15) is 0 Å².